The molecule has 0 bridgehead atoms. The van der Waals surface area contributed by atoms with Gasteiger partial charge in [-0.15, -0.1) is 11.3 Å². The first kappa shape index (κ1) is 14.1. The molecule has 0 radical (unpaired) electrons. The zero-order valence-corrected chi connectivity index (χ0v) is 11.9. The van der Waals surface area contributed by atoms with E-state index in [1.165, 1.54) is 0 Å². The van der Waals surface area contributed by atoms with Crippen LogP contribution in [0.3, 0.4) is 0 Å². The lowest BCUT2D eigenvalue weighted by Crippen LogP contribution is -2.08. The predicted molar refractivity (Wildman–Crippen MR) is 76.9 cm³/mol. The summed E-state index contributed by atoms with van der Waals surface area (Å²) in [5.41, 5.74) is 1.90. The van der Waals surface area contributed by atoms with Gasteiger partial charge in [-0.1, -0.05) is 18.2 Å². The molecular weight excluding hydrogens is 260 g/mol. The Bertz CT molecular complexity index is 522. The minimum atomic E-state index is -0.640. The van der Waals surface area contributed by atoms with E-state index in [4.69, 9.17) is 9.47 Å². The van der Waals surface area contributed by atoms with Gasteiger partial charge in [0.05, 0.1) is 6.61 Å². The minimum absolute atomic E-state index is 0.476. The Balaban J connectivity index is 2.21. The fraction of sp³-hybridized carbons (Fsp3) is 0.333. The molecule has 0 aliphatic heterocycles. The van der Waals surface area contributed by atoms with Crippen molar-refractivity contribution in [3.8, 4) is 5.75 Å². The van der Waals surface area contributed by atoms with Gasteiger partial charge in [0.2, 0.25) is 0 Å². The lowest BCUT2D eigenvalue weighted by Gasteiger charge is -2.16. The molecule has 0 amide bonds. The predicted octanol–water partition coefficient (Wildman–Crippen LogP) is 3.16. The van der Waals surface area contributed by atoms with E-state index < -0.39 is 6.10 Å². The van der Waals surface area contributed by atoms with Gasteiger partial charge in [0.1, 0.15) is 18.5 Å². The van der Waals surface area contributed by atoms with Crippen molar-refractivity contribution in [3.05, 3.63) is 51.7 Å². The highest BCUT2D eigenvalue weighted by Gasteiger charge is 2.18. The average molecular weight is 278 g/mol. The van der Waals surface area contributed by atoms with E-state index in [0.717, 1.165) is 16.0 Å². The molecule has 0 saturated heterocycles. The van der Waals surface area contributed by atoms with E-state index in [1.807, 2.05) is 42.6 Å². The summed E-state index contributed by atoms with van der Waals surface area (Å²) in [4.78, 5) is 0.961. The van der Waals surface area contributed by atoms with Crippen molar-refractivity contribution in [1.82, 2.24) is 0 Å². The number of methoxy groups -OCH3 is 1. The molecular formula is C15H18O3S. The Morgan fingerprint density at radius 1 is 1.21 bits per heavy atom. The molecule has 102 valence electrons. The van der Waals surface area contributed by atoms with Crippen molar-refractivity contribution in [1.29, 1.82) is 0 Å². The second-order valence-electron chi connectivity index (χ2n) is 4.25. The summed E-state index contributed by atoms with van der Waals surface area (Å²) in [6.45, 7) is 3.01. The van der Waals surface area contributed by atoms with Crippen LogP contribution in [0.25, 0.3) is 0 Å². The maximum Gasteiger partial charge on any atom is 0.125 e. The molecule has 1 unspecified atom stereocenters. The van der Waals surface area contributed by atoms with Gasteiger partial charge in [-0.2, -0.15) is 0 Å². The number of rotatable bonds is 6. The molecule has 19 heavy (non-hydrogen) atoms. The number of ether oxygens (including phenoxy) is 2. The van der Waals surface area contributed by atoms with Crippen LogP contribution in [0.5, 0.6) is 5.75 Å². The third-order valence-electron chi connectivity index (χ3n) is 2.91. The van der Waals surface area contributed by atoms with Crippen molar-refractivity contribution in [2.75, 3.05) is 20.3 Å². The van der Waals surface area contributed by atoms with Crippen LogP contribution in [0, 0.1) is 6.92 Å². The number of hydrogen-bond donors (Lipinski definition) is 1. The second kappa shape index (κ2) is 6.70. The number of hydrogen-bond acceptors (Lipinski definition) is 4. The minimum Gasteiger partial charge on any atom is -0.491 e. The van der Waals surface area contributed by atoms with E-state index in [2.05, 4.69) is 0 Å². The molecule has 2 rings (SSSR count). The molecule has 0 fully saturated rings. The lowest BCUT2D eigenvalue weighted by molar-refractivity contribution is 0.142. The summed E-state index contributed by atoms with van der Waals surface area (Å²) in [5.74, 6) is 0.708. The summed E-state index contributed by atoms with van der Waals surface area (Å²) in [7, 11) is 1.64. The van der Waals surface area contributed by atoms with E-state index in [9.17, 15) is 5.11 Å². The highest BCUT2D eigenvalue weighted by atomic mass is 32.1. The largest absolute Gasteiger partial charge is 0.491 e. The first-order chi connectivity index (χ1) is 9.24. The molecule has 1 aromatic heterocycles. The average Bonchev–Trinajstić information content (AvgIpc) is 2.85. The maximum absolute atomic E-state index is 10.5. The highest BCUT2D eigenvalue weighted by Crippen LogP contribution is 2.34. The van der Waals surface area contributed by atoms with Gasteiger partial charge in [0.15, 0.2) is 0 Å². The number of benzene rings is 1. The Morgan fingerprint density at radius 3 is 2.68 bits per heavy atom. The molecule has 0 saturated carbocycles. The topological polar surface area (TPSA) is 38.7 Å². The van der Waals surface area contributed by atoms with Gasteiger partial charge >= 0.3 is 0 Å². The quantitative estimate of drug-likeness (QED) is 0.825. The molecule has 1 aromatic carbocycles. The number of aliphatic hydroxyl groups is 1. The molecule has 3 nitrogen and oxygen atoms in total. The first-order valence-electron chi connectivity index (χ1n) is 6.16. The molecule has 1 atom stereocenters. The summed E-state index contributed by atoms with van der Waals surface area (Å²) in [5, 5.41) is 12.5. The van der Waals surface area contributed by atoms with Crippen LogP contribution >= 0.6 is 11.3 Å². The van der Waals surface area contributed by atoms with Gasteiger partial charge in [-0.05, 0) is 30.0 Å². The third-order valence-corrected chi connectivity index (χ3v) is 3.98. The fourth-order valence-electron chi connectivity index (χ4n) is 1.88. The molecule has 1 heterocycles. The highest BCUT2D eigenvalue weighted by molar-refractivity contribution is 7.10. The van der Waals surface area contributed by atoms with Gasteiger partial charge in [0.25, 0.3) is 0 Å². The summed E-state index contributed by atoms with van der Waals surface area (Å²) in [6.07, 6.45) is -0.640. The van der Waals surface area contributed by atoms with Crippen LogP contribution in [0.2, 0.25) is 0 Å². The SMILES string of the molecule is COCCOc1ccccc1C(O)c1sccc1C. The zero-order chi connectivity index (χ0) is 13.7. The van der Waals surface area contributed by atoms with Crippen LogP contribution in [-0.4, -0.2) is 25.4 Å². The fourth-order valence-corrected chi connectivity index (χ4v) is 2.81. The van der Waals surface area contributed by atoms with Crippen LogP contribution < -0.4 is 4.74 Å². The lowest BCUT2D eigenvalue weighted by atomic mass is 10.0. The smallest absolute Gasteiger partial charge is 0.125 e. The summed E-state index contributed by atoms with van der Waals surface area (Å²) in [6, 6.07) is 9.59. The Hall–Kier alpha value is -1.36. The number of para-hydroxylation sites is 1. The Labute approximate surface area is 117 Å². The first-order valence-corrected chi connectivity index (χ1v) is 7.04. The van der Waals surface area contributed by atoms with Crippen molar-refractivity contribution in [2.24, 2.45) is 0 Å². The van der Waals surface area contributed by atoms with E-state index in [-0.39, 0.29) is 0 Å². The van der Waals surface area contributed by atoms with E-state index in [0.29, 0.717) is 19.0 Å². The van der Waals surface area contributed by atoms with Crippen LogP contribution in [0.15, 0.2) is 35.7 Å². The van der Waals surface area contributed by atoms with Gasteiger partial charge in [-0.3, -0.25) is 0 Å². The van der Waals surface area contributed by atoms with Gasteiger partial charge in [-0.25, -0.2) is 0 Å². The van der Waals surface area contributed by atoms with Crippen molar-refractivity contribution < 1.29 is 14.6 Å². The van der Waals surface area contributed by atoms with Crippen LogP contribution in [0.1, 0.15) is 22.1 Å². The molecule has 0 aliphatic rings. The van der Waals surface area contributed by atoms with E-state index in [1.54, 1.807) is 18.4 Å². The van der Waals surface area contributed by atoms with Crippen molar-refractivity contribution in [2.45, 2.75) is 13.0 Å². The number of aliphatic hydroxyl groups excluding tert-OH is 1. The normalized spacial score (nSPS) is 12.4. The molecule has 2 aromatic rings. The van der Waals surface area contributed by atoms with Crippen LogP contribution in [-0.2, 0) is 4.74 Å². The summed E-state index contributed by atoms with van der Waals surface area (Å²) < 4.78 is 10.6. The molecule has 4 heteroatoms. The van der Waals surface area contributed by atoms with E-state index >= 15 is 0 Å². The molecule has 0 aliphatic carbocycles. The zero-order valence-electron chi connectivity index (χ0n) is 11.1. The standard InChI is InChI=1S/C15H18O3S/c1-11-7-10-19-15(11)14(16)12-5-3-4-6-13(12)18-9-8-17-2/h3-7,10,14,16H,8-9H2,1-2H3. The Kier molecular flexibility index (Phi) is 4.96. The number of aryl methyl sites for hydroxylation is 1. The third kappa shape index (κ3) is 3.35. The summed E-state index contributed by atoms with van der Waals surface area (Å²) >= 11 is 1.56. The van der Waals surface area contributed by atoms with Crippen molar-refractivity contribution >= 4 is 11.3 Å². The number of thiophene rings is 1. The monoisotopic (exact) mass is 278 g/mol. The molecule has 1 N–H and O–H groups in total. The van der Waals surface area contributed by atoms with Crippen molar-refractivity contribution in [3.63, 3.8) is 0 Å². The Morgan fingerprint density at radius 2 is 2.00 bits per heavy atom. The van der Waals surface area contributed by atoms with Crippen LogP contribution in [0.4, 0.5) is 0 Å². The van der Waals surface area contributed by atoms with Gasteiger partial charge < -0.3 is 14.6 Å². The maximum atomic E-state index is 10.5. The van der Waals surface area contributed by atoms with Gasteiger partial charge in [0, 0.05) is 17.6 Å². The second-order valence-corrected chi connectivity index (χ2v) is 5.20. The molecule has 0 spiro atoms.